The number of halogens is 1. The van der Waals surface area contributed by atoms with E-state index in [1.165, 1.54) is 35.9 Å². The van der Waals surface area contributed by atoms with E-state index < -0.39 is 21.7 Å². The Morgan fingerprint density at radius 2 is 1.81 bits per heavy atom. The van der Waals surface area contributed by atoms with Crippen molar-refractivity contribution in [2.75, 3.05) is 39.5 Å². The molecule has 3 aromatic rings. The summed E-state index contributed by atoms with van der Waals surface area (Å²) in [5.41, 5.74) is 1.38. The van der Waals surface area contributed by atoms with Gasteiger partial charge in [-0.2, -0.15) is 4.31 Å². The zero-order valence-electron chi connectivity index (χ0n) is 17.3. The molecule has 0 aliphatic rings. The maximum Gasteiger partial charge on any atom is 0.419 e. The van der Waals surface area contributed by atoms with Gasteiger partial charge in [0.25, 0.3) is 0 Å². The number of sulfonamides is 1. The Kier molecular flexibility index (Phi) is 6.85. The standard InChI is InChI=1S/C20H23ClN4O5S/c1-23(2)10-11-25-17-12-15(6-9-18(17)30-20(25)27)22-19(26)13-24(3)31(28,29)16-7-4-14(21)5-8-16/h4-9,12H,10-11,13H2,1-3H3,(H,22,26). The molecule has 166 valence electrons. The fourth-order valence-corrected chi connectivity index (χ4v) is 4.18. The smallest absolute Gasteiger partial charge is 0.408 e. The Balaban J connectivity index is 1.74. The lowest BCUT2D eigenvalue weighted by molar-refractivity contribution is -0.116. The number of likely N-dealkylation sites (N-methyl/N-ethyl adjacent to an activating group) is 2. The van der Waals surface area contributed by atoms with E-state index >= 15 is 0 Å². The van der Waals surface area contributed by atoms with Crippen LogP contribution < -0.4 is 11.1 Å². The Labute approximate surface area is 184 Å². The fraction of sp³-hybridized carbons (Fsp3) is 0.300. The number of nitrogens with one attached hydrogen (secondary N) is 1. The summed E-state index contributed by atoms with van der Waals surface area (Å²) < 4.78 is 32.9. The van der Waals surface area contributed by atoms with Crippen LogP contribution in [-0.2, 0) is 21.4 Å². The van der Waals surface area contributed by atoms with Gasteiger partial charge in [-0.05, 0) is 56.6 Å². The van der Waals surface area contributed by atoms with E-state index in [0.29, 0.717) is 34.9 Å². The highest BCUT2D eigenvalue weighted by molar-refractivity contribution is 7.89. The summed E-state index contributed by atoms with van der Waals surface area (Å²) >= 11 is 5.80. The van der Waals surface area contributed by atoms with E-state index in [4.69, 9.17) is 16.0 Å². The molecule has 0 aliphatic carbocycles. The van der Waals surface area contributed by atoms with Gasteiger partial charge in [0.05, 0.1) is 17.0 Å². The Bertz CT molecular complexity index is 1250. The molecule has 0 aliphatic heterocycles. The van der Waals surface area contributed by atoms with Crippen LogP contribution in [0.4, 0.5) is 5.69 Å². The normalized spacial score (nSPS) is 12.1. The van der Waals surface area contributed by atoms with Gasteiger partial charge in [0.15, 0.2) is 5.58 Å². The molecule has 31 heavy (non-hydrogen) atoms. The number of benzene rings is 2. The third-order valence-electron chi connectivity index (χ3n) is 4.61. The van der Waals surface area contributed by atoms with E-state index in [0.717, 1.165) is 4.31 Å². The molecule has 1 N–H and O–H groups in total. The molecule has 0 unspecified atom stereocenters. The monoisotopic (exact) mass is 466 g/mol. The van der Waals surface area contributed by atoms with Crippen LogP contribution in [0.1, 0.15) is 0 Å². The number of aromatic nitrogens is 1. The Hall–Kier alpha value is -2.66. The van der Waals surface area contributed by atoms with Crippen molar-refractivity contribution in [1.82, 2.24) is 13.8 Å². The van der Waals surface area contributed by atoms with E-state index in [1.807, 2.05) is 19.0 Å². The van der Waals surface area contributed by atoms with Crippen molar-refractivity contribution in [3.05, 3.63) is 58.0 Å². The summed E-state index contributed by atoms with van der Waals surface area (Å²) in [5, 5.41) is 3.08. The number of hydrogen-bond donors (Lipinski definition) is 1. The third kappa shape index (κ3) is 5.34. The lowest BCUT2D eigenvalue weighted by Crippen LogP contribution is -2.34. The second kappa shape index (κ2) is 9.23. The van der Waals surface area contributed by atoms with Crippen LogP contribution in [0.3, 0.4) is 0 Å². The van der Waals surface area contributed by atoms with Gasteiger partial charge in [-0.1, -0.05) is 11.6 Å². The van der Waals surface area contributed by atoms with E-state index in [9.17, 15) is 18.0 Å². The molecule has 9 nitrogen and oxygen atoms in total. The summed E-state index contributed by atoms with van der Waals surface area (Å²) in [6.07, 6.45) is 0. The number of hydrogen-bond acceptors (Lipinski definition) is 6. The topological polar surface area (TPSA) is 105 Å². The number of amides is 1. The predicted molar refractivity (Wildman–Crippen MR) is 119 cm³/mol. The quantitative estimate of drug-likeness (QED) is 0.545. The van der Waals surface area contributed by atoms with Gasteiger partial charge >= 0.3 is 5.76 Å². The second-order valence-corrected chi connectivity index (χ2v) is 9.75. The molecular weight excluding hydrogens is 444 g/mol. The largest absolute Gasteiger partial charge is 0.419 e. The number of rotatable bonds is 8. The molecule has 11 heteroatoms. The minimum atomic E-state index is -3.85. The molecule has 0 saturated heterocycles. The molecule has 1 aromatic heterocycles. The first-order valence-electron chi connectivity index (χ1n) is 9.38. The summed E-state index contributed by atoms with van der Waals surface area (Å²) in [6.45, 7) is 0.679. The molecule has 0 bridgehead atoms. The maximum atomic E-state index is 12.6. The summed E-state index contributed by atoms with van der Waals surface area (Å²) in [5.74, 6) is -1.00. The average molecular weight is 467 g/mol. The van der Waals surface area contributed by atoms with Gasteiger partial charge in [0, 0.05) is 30.8 Å². The lowest BCUT2D eigenvalue weighted by Gasteiger charge is -2.17. The van der Waals surface area contributed by atoms with Crippen LogP contribution in [0.25, 0.3) is 11.1 Å². The van der Waals surface area contributed by atoms with Gasteiger partial charge in [0.1, 0.15) is 0 Å². The first-order valence-corrected chi connectivity index (χ1v) is 11.2. The predicted octanol–water partition coefficient (Wildman–Crippen LogP) is 2.07. The first kappa shape index (κ1) is 23.0. The molecule has 2 aromatic carbocycles. The number of carbonyl (C=O) groups is 1. The first-order chi connectivity index (χ1) is 14.6. The Morgan fingerprint density at radius 3 is 2.45 bits per heavy atom. The number of nitrogens with zero attached hydrogens (tertiary/aromatic N) is 3. The summed E-state index contributed by atoms with van der Waals surface area (Å²) in [7, 11) is 1.27. The van der Waals surface area contributed by atoms with Crippen LogP contribution in [0, 0.1) is 0 Å². The molecule has 0 spiro atoms. The fourth-order valence-electron chi connectivity index (χ4n) is 2.93. The Morgan fingerprint density at radius 1 is 1.13 bits per heavy atom. The number of carbonyl (C=O) groups excluding carboxylic acids is 1. The molecule has 1 amide bonds. The average Bonchev–Trinajstić information content (AvgIpc) is 3.01. The number of fused-ring (bicyclic) bond motifs is 1. The van der Waals surface area contributed by atoms with Crippen molar-refractivity contribution in [3.8, 4) is 0 Å². The van der Waals surface area contributed by atoms with Gasteiger partial charge in [-0.15, -0.1) is 0 Å². The van der Waals surface area contributed by atoms with E-state index in [1.54, 1.807) is 18.2 Å². The molecule has 3 rings (SSSR count). The lowest BCUT2D eigenvalue weighted by atomic mass is 10.2. The van der Waals surface area contributed by atoms with Crippen molar-refractivity contribution < 1.29 is 17.6 Å². The molecular formula is C20H23ClN4O5S. The van der Waals surface area contributed by atoms with Gasteiger partial charge in [-0.25, -0.2) is 13.2 Å². The maximum absolute atomic E-state index is 12.6. The second-order valence-electron chi connectivity index (χ2n) is 7.27. The van der Waals surface area contributed by atoms with Crippen LogP contribution in [0.5, 0.6) is 0 Å². The van der Waals surface area contributed by atoms with Crippen LogP contribution >= 0.6 is 11.6 Å². The van der Waals surface area contributed by atoms with Crippen molar-refractivity contribution in [2.45, 2.75) is 11.4 Å². The molecule has 0 radical (unpaired) electrons. The minimum Gasteiger partial charge on any atom is -0.408 e. The highest BCUT2D eigenvalue weighted by Gasteiger charge is 2.23. The van der Waals surface area contributed by atoms with E-state index in [2.05, 4.69) is 5.32 Å². The van der Waals surface area contributed by atoms with E-state index in [-0.39, 0.29) is 11.4 Å². The SMILES string of the molecule is CN(C)CCn1c(=O)oc2ccc(NC(=O)CN(C)S(=O)(=O)c3ccc(Cl)cc3)cc21. The highest BCUT2D eigenvalue weighted by atomic mass is 35.5. The van der Waals surface area contributed by atoms with Gasteiger partial charge < -0.3 is 14.6 Å². The highest BCUT2D eigenvalue weighted by Crippen LogP contribution is 2.20. The van der Waals surface area contributed by atoms with Crippen molar-refractivity contribution in [2.24, 2.45) is 0 Å². The van der Waals surface area contributed by atoms with Gasteiger partial charge in [0.2, 0.25) is 15.9 Å². The molecule has 0 saturated carbocycles. The van der Waals surface area contributed by atoms with Gasteiger partial charge in [-0.3, -0.25) is 9.36 Å². The summed E-state index contributed by atoms with van der Waals surface area (Å²) in [6, 6.07) is 10.5. The van der Waals surface area contributed by atoms with Crippen molar-refractivity contribution in [1.29, 1.82) is 0 Å². The van der Waals surface area contributed by atoms with Crippen LogP contribution in [0.2, 0.25) is 5.02 Å². The zero-order valence-corrected chi connectivity index (χ0v) is 18.9. The molecule has 0 atom stereocenters. The van der Waals surface area contributed by atoms with Crippen LogP contribution in [0.15, 0.2) is 56.6 Å². The molecule has 1 heterocycles. The van der Waals surface area contributed by atoms with Crippen molar-refractivity contribution in [3.63, 3.8) is 0 Å². The minimum absolute atomic E-state index is 0.0388. The third-order valence-corrected chi connectivity index (χ3v) is 6.68. The number of oxazole rings is 1. The van der Waals surface area contributed by atoms with Crippen LogP contribution in [-0.4, -0.2) is 62.3 Å². The molecule has 0 fully saturated rings. The van der Waals surface area contributed by atoms with Crippen molar-refractivity contribution >= 4 is 44.3 Å². The number of anilines is 1. The summed E-state index contributed by atoms with van der Waals surface area (Å²) in [4.78, 5) is 26.5. The zero-order chi connectivity index (χ0) is 22.8.